The van der Waals surface area contributed by atoms with Gasteiger partial charge in [0.05, 0.1) is 0 Å². The van der Waals surface area contributed by atoms with Crippen molar-refractivity contribution < 1.29 is 4.79 Å². The fourth-order valence-corrected chi connectivity index (χ4v) is 2.70. The number of thioether (sulfide) groups is 1. The number of carbonyl (C=O) groups excluding carboxylic acids is 1. The van der Waals surface area contributed by atoms with Crippen molar-refractivity contribution in [1.82, 2.24) is 10.2 Å². The molecule has 0 saturated heterocycles. The van der Waals surface area contributed by atoms with Gasteiger partial charge in [0.15, 0.2) is 0 Å². The molecule has 1 fully saturated rings. The van der Waals surface area contributed by atoms with Crippen LogP contribution in [0.25, 0.3) is 0 Å². The summed E-state index contributed by atoms with van der Waals surface area (Å²) in [6.45, 7) is 1.86. The van der Waals surface area contributed by atoms with E-state index in [0.717, 1.165) is 13.1 Å². The third kappa shape index (κ3) is 3.68. The molecule has 1 N–H and O–H groups in total. The summed E-state index contributed by atoms with van der Waals surface area (Å²) in [6.07, 6.45) is 6.80. The van der Waals surface area contributed by atoms with Crippen LogP contribution in [0, 0.1) is 0 Å². The quantitative estimate of drug-likeness (QED) is 0.699. The molecule has 0 heterocycles. The van der Waals surface area contributed by atoms with Crippen LogP contribution < -0.4 is 5.32 Å². The summed E-state index contributed by atoms with van der Waals surface area (Å²) in [7, 11) is 3.61. The molecule has 88 valence electrons. The molecule has 15 heavy (non-hydrogen) atoms. The first-order chi connectivity index (χ1) is 7.09. The molecule has 0 atom stereocenters. The highest BCUT2D eigenvalue weighted by Crippen LogP contribution is 2.42. The van der Waals surface area contributed by atoms with Crippen LogP contribution in [-0.2, 0) is 4.79 Å². The van der Waals surface area contributed by atoms with Crippen molar-refractivity contribution in [3.8, 4) is 0 Å². The summed E-state index contributed by atoms with van der Waals surface area (Å²) in [5.74, 6) is 0.203. The molecule has 0 unspecified atom stereocenters. The van der Waals surface area contributed by atoms with Crippen LogP contribution >= 0.6 is 11.8 Å². The molecule has 1 amide bonds. The van der Waals surface area contributed by atoms with Gasteiger partial charge in [-0.15, -0.1) is 0 Å². The lowest BCUT2D eigenvalue weighted by molar-refractivity contribution is -0.128. The van der Waals surface area contributed by atoms with Crippen molar-refractivity contribution >= 4 is 17.7 Å². The Morgan fingerprint density at radius 2 is 2.13 bits per heavy atom. The molecule has 0 bridgehead atoms. The maximum absolute atomic E-state index is 11.3. The van der Waals surface area contributed by atoms with Crippen LogP contribution in [0.5, 0.6) is 0 Å². The number of hydrogen-bond donors (Lipinski definition) is 1. The predicted octanol–water partition coefficient (Wildman–Crippen LogP) is 1.34. The van der Waals surface area contributed by atoms with Crippen molar-refractivity contribution in [2.75, 3.05) is 33.4 Å². The second-order valence-corrected chi connectivity index (χ2v) is 5.73. The molecule has 0 radical (unpaired) electrons. The van der Waals surface area contributed by atoms with Crippen molar-refractivity contribution in [2.45, 2.75) is 30.4 Å². The van der Waals surface area contributed by atoms with Crippen LogP contribution in [0.3, 0.4) is 0 Å². The van der Waals surface area contributed by atoms with Crippen LogP contribution in [0.4, 0.5) is 0 Å². The minimum Gasteiger partial charge on any atom is -0.349 e. The maximum Gasteiger partial charge on any atom is 0.223 e. The normalized spacial score (nSPS) is 18.3. The predicted molar refractivity (Wildman–Crippen MR) is 66.3 cm³/mol. The van der Waals surface area contributed by atoms with Gasteiger partial charge in [-0.05, 0) is 19.1 Å². The Balaban J connectivity index is 2.08. The molecular formula is C11H22N2OS. The summed E-state index contributed by atoms with van der Waals surface area (Å²) >= 11 is 1.97. The van der Waals surface area contributed by atoms with Crippen LogP contribution in [0.1, 0.15) is 25.7 Å². The third-order valence-electron chi connectivity index (χ3n) is 3.16. The molecule has 1 saturated carbocycles. The van der Waals surface area contributed by atoms with Crippen molar-refractivity contribution in [3.63, 3.8) is 0 Å². The van der Waals surface area contributed by atoms with Crippen molar-refractivity contribution in [3.05, 3.63) is 0 Å². The number of nitrogens with zero attached hydrogens (tertiary/aromatic N) is 1. The van der Waals surface area contributed by atoms with E-state index in [-0.39, 0.29) is 5.91 Å². The highest BCUT2D eigenvalue weighted by atomic mass is 32.2. The first kappa shape index (κ1) is 12.8. The molecule has 1 aliphatic rings. The van der Waals surface area contributed by atoms with Crippen LogP contribution in [0.15, 0.2) is 0 Å². The van der Waals surface area contributed by atoms with Gasteiger partial charge in [0.2, 0.25) is 5.91 Å². The van der Waals surface area contributed by atoms with E-state index in [1.807, 2.05) is 11.8 Å². The number of rotatable bonds is 6. The molecule has 1 aliphatic carbocycles. The van der Waals surface area contributed by atoms with Crippen molar-refractivity contribution in [1.29, 1.82) is 0 Å². The van der Waals surface area contributed by atoms with Gasteiger partial charge >= 0.3 is 0 Å². The molecule has 0 aliphatic heterocycles. The van der Waals surface area contributed by atoms with E-state index >= 15 is 0 Å². The number of amides is 1. The summed E-state index contributed by atoms with van der Waals surface area (Å²) in [5.41, 5.74) is 0. The van der Waals surface area contributed by atoms with Crippen molar-refractivity contribution in [2.24, 2.45) is 0 Å². The Hall–Kier alpha value is -0.220. The SMILES string of the molecule is CSC1(CNCCC(=O)N(C)C)CCC1. The minimum absolute atomic E-state index is 0.203. The fourth-order valence-electron chi connectivity index (χ4n) is 1.76. The largest absolute Gasteiger partial charge is 0.349 e. The Bertz CT molecular complexity index is 209. The standard InChI is InChI=1S/C11H22N2OS/c1-13(2)10(14)5-8-12-9-11(15-3)6-4-7-11/h12H,4-9H2,1-3H3. The average Bonchev–Trinajstić information content (AvgIpc) is 2.15. The second kappa shape index (κ2) is 5.75. The van der Waals surface area contributed by atoms with E-state index in [1.165, 1.54) is 19.3 Å². The third-order valence-corrected chi connectivity index (χ3v) is 4.58. The van der Waals surface area contributed by atoms with Gasteiger partial charge in [0.25, 0.3) is 0 Å². The van der Waals surface area contributed by atoms with Gasteiger partial charge in [-0.2, -0.15) is 11.8 Å². The van der Waals surface area contributed by atoms with E-state index in [2.05, 4.69) is 11.6 Å². The zero-order valence-electron chi connectivity index (χ0n) is 10.0. The molecule has 1 rings (SSSR count). The highest BCUT2D eigenvalue weighted by molar-refractivity contribution is 8.00. The van der Waals surface area contributed by atoms with E-state index in [4.69, 9.17) is 0 Å². The molecule has 0 spiro atoms. The summed E-state index contributed by atoms with van der Waals surface area (Å²) in [6, 6.07) is 0. The van der Waals surface area contributed by atoms with E-state index in [1.54, 1.807) is 19.0 Å². The molecule has 4 heteroatoms. The number of hydrogen-bond acceptors (Lipinski definition) is 3. The molecule has 0 aromatic heterocycles. The van der Waals surface area contributed by atoms with Crippen LogP contribution in [-0.4, -0.2) is 49.0 Å². The Morgan fingerprint density at radius 1 is 1.47 bits per heavy atom. The van der Waals surface area contributed by atoms with Crippen LogP contribution in [0.2, 0.25) is 0 Å². The van der Waals surface area contributed by atoms with Gasteiger partial charge in [-0.3, -0.25) is 4.79 Å². The lowest BCUT2D eigenvalue weighted by Crippen LogP contribution is -2.44. The maximum atomic E-state index is 11.3. The molecule has 0 aromatic carbocycles. The average molecular weight is 230 g/mol. The minimum atomic E-state index is 0.203. The lowest BCUT2D eigenvalue weighted by Gasteiger charge is -2.40. The Labute approximate surface area is 97.0 Å². The van der Waals surface area contributed by atoms with Gasteiger partial charge in [-0.1, -0.05) is 6.42 Å². The van der Waals surface area contributed by atoms with E-state index in [9.17, 15) is 4.79 Å². The summed E-state index contributed by atoms with van der Waals surface area (Å²) < 4.78 is 0.473. The molecular weight excluding hydrogens is 208 g/mol. The summed E-state index contributed by atoms with van der Waals surface area (Å²) in [5, 5.41) is 3.40. The Kier molecular flexibility index (Phi) is 4.93. The van der Waals surface area contributed by atoms with Gasteiger partial charge < -0.3 is 10.2 Å². The zero-order chi connectivity index (χ0) is 11.3. The van der Waals surface area contributed by atoms with Gasteiger partial charge in [0, 0.05) is 38.4 Å². The van der Waals surface area contributed by atoms with Gasteiger partial charge in [0.1, 0.15) is 0 Å². The molecule has 3 nitrogen and oxygen atoms in total. The zero-order valence-corrected chi connectivity index (χ0v) is 10.8. The lowest BCUT2D eigenvalue weighted by atomic mass is 9.84. The first-order valence-electron chi connectivity index (χ1n) is 5.56. The smallest absolute Gasteiger partial charge is 0.223 e. The number of carbonyl (C=O) groups is 1. The fraction of sp³-hybridized carbons (Fsp3) is 0.909. The molecule has 0 aromatic rings. The Morgan fingerprint density at radius 3 is 2.53 bits per heavy atom. The second-order valence-electron chi connectivity index (χ2n) is 4.46. The topological polar surface area (TPSA) is 32.3 Å². The number of nitrogens with one attached hydrogen (secondary N) is 1. The summed E-state index contributed by atoms with van der Waals surface area (Å²) in [4.78, 5) is 12.9. The first-order valence-corrected chi connectivity index (χ1v) is 6.78. The van der Waals surface area contributed by atoms with Gasteiger partial charge in [-0.25, -0.2) is 0 Å². The highest BCUT2D eigenvalue weighted by Gasteiger charge is 2.35. The van der Waals surface area contributed by atoms with E-state index in [0.29, 0.717) is 11.2 Å². The monoisotopic (exact) mass is 230 g/mol. The van der Waals surface area contributed by atoms with E-state index < -0.39 is 0 Å².